The van der Waals surface area contributed by atoms with E-state index in [0.29, 0.717) is 0 Å². The van der Waals surface area contributed by atoms with Gasteiger partial charge >= 0.3 is 0 Å². The van der Waals surface area contributed by atoms with Gasteiger partial charge in [0.25, 0.3) is 0 Å². The van der Waals surface area contributed by atoms with Crippen molar-refractivity contribution in [2.75, 3.05) is 57.2 Å². The summed E-state index contributed by atoms with van der Waals surface area (Å²) >= 11 is 0. The molecule has 0 amide bonds. The van der Waals surface area contributed by atoms with Crippen LogP contribution in [-0.4, -0.2) is 72.5 Å². The van der Waals surface area contributed by atoms with Crippen molar-refractivity contribution >= 4 is 11.4 Å². The normalized spacial score (nSPS) is 14.9. The first kappa shape index (κ1) is 24.8. The highest BCUT2D eigenvalue weighted by Crippen LogP contribution is 2.31. The zero-order valence-corrected chi connectivity index (χ0v) is 21.9. The predicted molar refractivity (Wildman–Crippen MR) is 147 cm³/mol. The first-order valence-corrected chi connectivity index (χ1v) is 12.8. The maximum atomic E-state index is 5.44. The number of methoxy groups -OCH3 is 1. The van der Waals surface area contributed by atoms with Crippen LogP contribution >= 0.6 is 0 Å². The maximum absolute atomic E-state index is 5.44. The highest BCUT2D eigenvalue weighted by Gasteiger charge is 2.31. The Hall–Kier alpha value is -3.91. The van der Waals surface area contributed by atoms with Crippen molar-refractivity contribution in [1.82, 2.24) is 25.1 Å². The summed E-state index contributed by atoms with van der Waals surface area (Å²) in [4.78, 5) is 7.05. The number of tetrazole rings is 1. The summed E-state index contributed by atoms with van der Waals surface area (Å²) in [6.45, 7) is 4.39. The van der Waals surface area contributed by atoms with Gasteiger partial charge in [-0.3, -0.25) is 4.90 Å². The molecule has 4 aromatic rings. The molecule has 2 heterocycles. The third kappa shape index (κ3) is 5.75. The number of hydrogen-bond donors (Lipinski definition) is 0. The third-order valence-corrected chi connectivity index (χ3v) is 7.08. The molecule has 0 saturated carbocycles. The van der Waals surface area contributed by atoms with Gasteiger partial charge in [0.05, 0.1) is 13.2 Å². The fourth-order valence-corrected chi connectivity index (χ4v) is 4.97. The van der Waals surface area contributed by atoms with E-state index in [4.69, 9.17) is 4.74 Å². The van der Waals surface area contributed by atoms with E-state index in [1.54, 1.807) is 7.11 Å². The van der Waals surface area contributed by atoms with E-state index in [9.17, 15) is 0 Å². The highest BCUT2D eigenvalue weighted by molar-refractivity contribution is 5.51. The van der Waals surface area contributed by atoms with E-state index in [2.05, 4.69) is 111 Å². The molecule has 1 aliphatic heterocycles. The molecule has 8 heteroatoms. The molecule has 37 heavy (non-hydrogen) atoms. The van der Waals surface area contributed by atoms with Crippen molar-refractivity contribution < 1.29 is 4.74 Å². The summed E-state index contributed by atoms with van der Waals surface area (Å²) < 4.78 is 7.42. The predicted octanol–water partition coefficient (Wildman–Crippen LogP) is 3.90. The van der Waals surface area contributed by atoms with Gasteiger partial charge in [0.15, 0.2) is 5.82 Å². The lowest BCUT2D eigenvalue weighted by molar-refractivity contribution is 0.200. The third-order valence-electron chi connectivity index (χ3n) is 7.08. The van der Waals surface area contributed by atoms with E-state index in [1.807, 2.05) is 16.8 Å². The Morgan fingerprint density at radius 3 is 2.35 bits per heavy atom. The molecule has 8 nitrogen and oxygen atoms in total. The van der Waals surface area contributed by atoms with E-state index < -0.39 is 0 Å². The number of ether oxygens (including phenoxy) is 1. The summed E-state index contributed by atoms with van der Waals surface area (Å²) in [5.74, 6) is 1.78. The molecule has 1 aromatic heterocycles. The molecular weight excluding hydrogens is 462 g/mol. The molecule has 5 rings (SSSR count). The lowest BCUT2D eigenvalue weighted by Crippen LogP contribution is -2.48. The number of benzene rings is 3. The molecule has 1 fully saturated rings. The fraction of sp³-hybridized carbons (Fsp3) is 0.345. The minimum Gasteiger partial charge on any atom is -0.497 e. The van der Waals surface area contributed by atoms with Crippen molar-refractivity contribution in [3.8, 4) is 5.75 Å². The molecule has 0 spiro atoms. The van der Waals surface area contributed by atoms with Gasteiger partial charge in [-0.1, -0.05) is 48.5 Å². The molecular formula is C29H35N7O. The van der Waals surface area contributed by atoms with Crippen molar-refractivity contribution in [3.05, 3.63) is 95.8 Å². The smallest absolute Gasteiger partial charge is 0.173 e. The van der Waals surface area contributed by atoms with Crippen LogP contribution in [0.4, 0.5) is 11.4 Å². The zero-order valence-electron chi connectivity index (χ0n) is 21.9. The second-order valence-corrected chi connectivity index (χ2v) is 9.61. The van der Waals surface area contributed by atoms with Crippen LogP contribution in [0.25, 0.3) is 0 Å². The zero-order chi connectivity index (χ0) is 25.6. The first-order valence-electron chi connectivity index (χ1n) is 12.8. The van der Waals surface area contributed by atoms with Gasteiger partial charge < -0.3 is 14.5 Å². The number of piperazine rings is 1. The molecule has 3 aromatic carbocycles. The molecule has 0 radical (unpaired) electrons. The average molecular weight is 498 g/mol. The minimum atomic E-state index is -0.0190. The van der Waals surface area contributed by atoms with E-state index >= 15 is 0 Å². The minimum absolute atomic E-state index is 0.0190. The van der Waals surface area contributed by atoms with Gasteiger partial charge in [-0.05, 0) is 52.2 Å². The van der Waals surface area contributed by atoms with Crippen LogP contribution in [0.5, 0.6) is 5.75 Å². The molecule has 0 aliphatic carbocycles. The topological polar surface area (TPSA) is 62.6 Å². The molecule has 0 N–H and O–H groups in total. The van der Waals surface area contributed by atoms with Gasteiger partial charge in [-0.25, -0.2) is 4.68 Å². The Bertz CT molecular complexity index is 1260. The monoisotopic (exact) mass is 497 g/mol. The summed E-state index contributed by atoms with van der Waals surface area (Å²) in [6, 6.07) is 27.6. The second-order valence-electron chi connectivity index (χ2n) is 9.61. The van der Waals surface area contributed by atoms with Gasteiger partial charge in [0.1, 0.15) is 5.75 Å². The van der Waals surface area contributed by atoms with Crippen LogP contribution < -0.4 is 14.5 Å². The number of aryl methyl sites for hydroxylation is 2. The molecule has 0 unspecified atom stereocenters. The van der Waals surface area contributed by atoms with Crippen LogP contribution in [-0.2, 0) is 13.0 Å². The quantitative estimate of drug-likeness (QED) is 0.348. The molecule has 192 valence electrons. The van der Waals surface area contributed by atoms with Gasteiger partial charge in [0.2, 0.25) is 0 Å². The highest BCUT2D eigenvalue weighted by atomic mass is 16.5. The number of anilines is 2. The summed E-state index contributed by atoms with van der Waals surface area (Å²) in [5.41, 5.74) is 4.85. The average Bonchev–Trinajstić information content (AvgIpc) is 3.41. The van der Waals surface area contributed by atoms with Crippen molar-refractivity contribution in [3.63, 3.8) is 0 Å². The number of aromatic nitrogens is 4. The summed E-state index contributed by atoms with van der Waals surface area (Å²) in [5, 5.41) is 13.1. The van der Waals surface area contributed by atoms with E-state index in [0.717, 1.165) is 50.7 Å². The number of rotatable bonds is 9. The van der Waals surface area contributed by atoms with Crippen molar-refractivity contribution in [1.29, 1.82) is 0 Å². The van der Waals surface area contributed by atoms with Gasteiger partial charge in [-0.15, -0.1) is 5.10 Å². The van der Waals surface area contributed by atoms with Crippen LogP contribution in [0.2, 0.25) is 0 Å². The van der Waals surface area contributed by atoms with Crippen LogP contribution in [0.1, 0.15) is 23.0 Å². The summed E-state index contributed by atoms with van der Waals surface area (Å²) in [6.07, 6.45) is 0.884. The Morgan fingerprint density at radius 2 is 1.65 bits per heavy atom. The maximum Gasteiger partial charge on any atom is 0.173 e. The Labute approximate surface area is 219 Å². The van der Waals surface area contributed by atoms with Crippen LogP contribution in [0.3, 0.4) is 0 Å². The molecule has 1 saturated heterocycles. The Morgan fingerprint density at radius 1 is 0.892 bits per heavy atom. The van der Waals surface area contributed by atoms with Crippen molar-refractivity contribution in [2.45, 2.75) is 19.0 Å². The standard InChI is InChI=1S/C29H35N7O/c1-33(2)25-14-12-24(13-15-25)28(29-30-31-32-36(29)17-16-23-8-5-4-6-9-23)35-20-18-34(19-21-35)26-10-7-11-27(22-26)37-3/h4-15,22,28H,16-21H2,1-3H3/t28-/m1/s1. The Balaban J connectivity index is 1.39. The SMILES string of the molecule is COc1cccc(N2CCN([C@H](c3ccc(N(C)C)cc3)c3nnnn3CCc3ccccc3)CC2)c1. The second kappa shape index (κ2) is 11.4. The van der Waals surface area contributed by atoms with Crippen molar-refractivity contribution in [2.24, 2.45) is 0 Å². The molecule has 1 aliphatic rings. The number of nitrogens with zero attached hydrogens (tertiary/aromatic N) is 7. The largest absolute Gasteiger partial charge is 0.497 e. The fourth-order valence-electron chi connectivity index (χ4n) is 4.97. The summed E-state index contributed by atoms with van der Waals surface area (Å²) in [7, 11) is 5.84. The lowest BCUT2D eigenvalue weighted by Gasteiger charge is -2.40. The first-order chi connectivity index (χ1) is 18.1. The van der Waals surface area contributed by atoms with Crippen LogP contribution in [0, 0.1) is 0 Å². The van der Waals surface area contributed by atoms with E-state index in [-0.39, 0.29) is 6.04 Å². The van der Waals surface area contributed by atoms with Crippen LogP contribution in [0.15, 0.2) is 78.9 Å². The number of hydrogen-bond acceptors (Lipinski definition) is 7. The Kier molecular flexibility index (Phi) is 7.65. The molecule has 0 bridgehead atoms. The lowest BCUT2D eigenvalue weighted by atomic mass is 10.0. The van der Waals surface area contributed by atoms with E-state index in [1.165, 1.54) is 22.5 Å². The van der Waals surface area contributed by atoms with Gasteiger partial charge in [-0.2, -0.15) is 0 Å². The molecule has 1 atom stereocenters. The van der Waals surface area contributed by atoms with Gasteiger partial charge in [0, 0.05) is 64.3 Å².